The van der Waals surface area contributed by atoms with Crippen LogP contribution in [0.5, 0.6) is 0 Å². The third-order valence-electron chi connectivity index (χ3n) is 4.79. The number of likely N-dealkylation sites (tertiary alicyclic amines) is 1. The number of hydrogen-bond donors (Lipinski definition) is 1. The molecule has 1 amide bonds. The van der Waals surface area contributed by atoms with Gasteiger partial charge in [0.2, 0.25) is 5.91 Å². The van der Waals surface area contributed by atoms with Gasteiger partial charge in [-0.15, -0.1) is 0 Å². The summed E-state index contributed by atoms with van der Waals surface area (Å²) in [5.41, 5.74) is -0.131. The van der Waals surface area contributed by atoms with E-state index >= 15 is 0 Å². The molecule has 0 aromatic rings. The third-order valence-corrected chi connectivity index (χ3v) is 4.79. The molecule has 3 heteroatoms. The standard InChI is InChI=1S/C15H27NO2/c1-15(8-4-2-3-5-9-15)14(18)16-10-6-7-13(11-16)12-17/h13,17H,2-12H2,1H3. The molecular weight excluding hydrogens is 226 g/mol. The molecule has 1 heterocycles. The molecule has 0 aromatic heterocycles. The lowest BCUT2D eigenvalue weighted by Gasteiger charge is -2.38. The summed E-state index contributed by atoms with van der Waals surface area (Å²) in [4.78, 5) is 14.8. The average molecular weight is 253 g/mol. The summed E-state index contributed by atoms with van der Waals surface area (Å²) in [6, 6.07) is 0. The monoisotopic (exact) mass is 253 g/mol. The molecule has 3 nitrogen and oxygen atoms in total. The van der Waals surface area contributed by atoms with Gasteiger partial charge in [-0.25, -0.2) is 0 Å². The van der Waals surface area contributed by atoms with Crippen molar-refractivity contribution in [3.05, 3.63) is 0 Å². The number of rotatable bonds is 2. The summed E-state index contributed by atoms with van der Waals surface area (Å²) >= 11 is 0. The van der Waals surface area contributed by atoms with Gasteiger partial charge in [-0.1, -0.05) is 32.6 Å². The van der Waals surface area contributed by atoms with Crippen LogP contribution >= 0.6 is 0 Å². The Kier molecular flexibility index (Phi) is 4.66. The van der Waals surface area contributed by atoms with E-state index in [0.29, 0.717) is 11.8 Å². The van der Waals surface area contributed by atoms with E-state index in [1.54, 1.807) is 0 Å². The summed E-state index contributed by atoms with van der Waals surface area (Å²) < 4.78 is 0. The summed E-state index contributed by atoms with van der Waals surface area (Å²) in [6.07, 6.45) is 9.16. The number of carbonyl (C=O) groups is 1. The van der Waals surface area contributed by atoms with Gasteiger partial charge in [-0.3, -0.25) is 4.79 Å². The minimum absolute atomic E-state index is 0.131. The van der Waals surface area contributed by atoms with Gasteiger partial charge in [-0.05, 0) is 31.6 Å². The van der Waals surface area contributed by atoms with Gasteiger partial charge in [0.05, 0.1) is 0 Å². The van der Waals surface area contributed by atoms with E-state index in [9.17, 15) is 9.90 Å². The number of carbonyl (C=O) groups excluding carboxylic acids is 1. The van der Waals surface area contributed by atoms with Crippen molar-refractivity contribution in [2.24, 2.45) is 11.3 Å². The third kappa shape index (κ3) is 3.05. The molecule has 104 valence electrons. The largest absolute Gasteiger partial charge is 0.396 e. The van der Waals surface area contributed by atoms with Gasteiger partial charge < -0.3 is 10.0 Å². The first-order chi connectivity index (χ1) is 8.65. The highest BCUT2D eigenvalue weighted by molar-refractivity contribution is 5.82. The minimum Gasteiger partial charge on any atom is -0.396 e. The number of hydrogen-bond acceptors (Lipinski definition) is 2. The molecule has 1 saturated heterocycles. The maximum atomic E-state index is 12.7. The highest BCUT2D eigenvalue weighted by Gasteiger charge is 2.38. The molecule has 1 unspecified atom stereocenters. The van der Waals surface area contributed by atoms with Crippen molar-refractivity contribution in [3.8, 4) is 0 Å². The molecule has 2 aliphatic rings. The number of nitrogens with zero attached hydrogens (tertiary/aromatic N) is 1. The molecule has 1 aliphatic carbocycles. The zero-order chi connectivity index (χ0) is 13.0. The van der Waals surface area contributed by atoms with Crippen molar-refractivity contribution in [1.29, 1.82) is 0 Å². The van der Waals surface area contributed by atoms with Crippen LogP contribution in [0.15, 0.2) is 0 Å². The van der Waals surface area contributed by atoms with Crippen LogP contribution in [0.25, 0.3) is 0 Å². The second-order valence-electron chi connectivity index (χ2n) is 6.42. The van der Waals surface area contributed by atoms with E-state index in [2.05, 4.69) is 6.92 Å². The van der Waals surface area contributed by atoms with Gasteiger partial charge in [0.15, 0.2) is 0 Å². The van der Waals surface area contributed by atoms with E-state index in [-0.39, 0.29) is 12.0 Å². The second kappa shape index (κ2) is 6.05. The minimum atomic E-state index is -0.131. The zero-order valence-corrected chi connectivity index (χ0v) is 11.7. The van der Waals surface area contributed by atoms with E-state index in [1.165, 1.54) is 25.7 Å². The average Bonchev–Trinajstić information content (AvgIpc) is 2.64. The highest BCUT2D eigenvalue weighted by atomic mass is 16.3. The molecule has 2 fully saturated rings. The Hall–Kier alpha value is -0.570. The SMILES string of the molecule is CC1(C(=O)N2CCCC(CO)C2)CCCCCC1. The van der Waals surface area contributed by atoms with Crippen molar-refractivity contribution < 1.29 is 9.90 Å². The van der Waals surface area contributed by atoms with Gasteiger partial charge >= 0.3 is 0 Å². The Morgan fingerprint density at radius 3 is 2.50 bits per heavy atom. The molecule has 1 aliphatic heterocycles. The van der Waals surface area contributed by atoms with Crippen LogP contribution in [0.4, 0.5) is 0 Å². The van der Waals surface area contributed by atoms with E-state index < -0.39 is 0 Å². The summed E-state index contributed by atoms with van der Waals surface area (Å²) in [5, 5.41) is 9.27. The summed E-state index contributed by atoms with van der Waals surface area (Å²) in [5.74, 6) is 0.652. The molecule has 0 spiro atoms. The Morgan fingerprint density at radius 1 is 1.22 bits per heavy atom. The fraction of sp³-hybridized carbons (Fsp3) is 0.933. The lowest BCUT2D eigenvalue weighted by atomic mass is 9.80. The first kappa shape index (κ1) is 13.9. The molecule has 1 saturated carbocycles. The maximum Gasteiger partial charge on any atom is 0.228 e. The van der Waals surface area contributed by atoms with E-state index in [4.69, 9.17) is 0 Å². The van der Waals surface area contributed by atoms with Crippen molar-refractivity contribution in [3.63, 3.8) is 0 Å². The van der Waals surface area contributed by atoms with Crippen molar-refractivity contribution >= 4 is 5.91 Å². The van der Waals surface area contributed by atoms with Crippen LogP contribution in [-0.2, 0) is 4.79 Å². The smallest absolute Gasteiger partial charge is 0.228 e. The molecular formula is C15H27NO2. The van der Waals surface area contributed by atoms with Crippen LogP contribution < -0.4 is 0 Å². The lowest BCUT2D eigenvalue weighted by molar-refractivity contribution is -0.144. The Bertz CT molecular complexity index is 282. The summed E-state index contributed by atoms with van der Waals surface area (Å²) in [6.45, 7) is 4.04. The van der Waals surface area contributed by atoms with Crippen LogP contribution in [0.3, 0.4) is 0 Å². The quantitative estimate of drug-likeness (QED) is 0.768. The van der Waals surface area contributed by atoms with Crippen molar-refractivity contribution in [2.45, 2.75) is 58.3 Å². The molecule has 2 rings (SSSR count). The molecule has 18 heavy (non-hydrogen) atoms. The molecule has 0 radical (unpaired) electrons. The molecule has 1 atom stereocenters. The van der Waals surface area contributed by atoms with Crippen molar-refractivity contribution in [2.75, 3.05) is 19.7 Å². The normalized spacial score (nSPS) is 28.8. The molecule has 1 N–H and O–H groups in total. The van der Waals surface area contributed by atoms with Crippen LogP contribution in [0.2, 0.25) is 0 Å². The Balaban J connectivity index is 2.00. The maximum absolute atomic E-state index is 12.7. The predicted octanol–water partition coefficient (Wildman–Crippen LogP) is 2.58. The zero-order valence-electron chi connectivity index (χ0n) is 11.7. The van der Waals surface area contributed by atoms with Crippen LogP contribution in [0.1, 0.15) is 58.3 Å². The lowest BCUT2D eigenvalue weighted by Crippen LogP contribution is -2.47. The first-order valence-corrected chi connectivity index (χ1v) is 7.56. The fourth-order valence-corrected chi connectivity index (χ4v) is 3.50. The second-order valence-corrected chi connectivity index (χ2v) is 6.42. The van der Waals surface area contributed by atoms with Crippen LogP contribution in [-0.4, -0.2) is 35.6 Å². The Labute approximate surface area is 111 Å². The van der Waals surface area contributed by atoms with E-state index in [1.807, 2.05) is 4.90 Å². The van der Waals surface area contributed by atoms with Gasteiger partial charge in [0.1, 0.15) is 0 Å². The molecule has 0 bridgehead atoms. The highest BCUT2D eigenvalue weighted by Crippen LogP contribution is 2.37. The van der Waals surface area contributed by atoms with Gasteiger partial charge in [0.25, 0.3) is 0 Å². The molecule has 0 aromatic carbocycles. The van der Waals surface area contributed by atoms with Crippen LogP contribution in [0, 0.1) is 11.3 Å². The summed E-state index contributed by atoms with van der Waals surface area (Å²) in [7, 11) is 0. The predicted molar refractivity (Wildman–Crippen MR) is 72.2 cm³/mol. The number of aliphatic hydroxyl groups is 1. The fourth-order valence-electron chi connectivity index (χ4n) is 3.50. The first-order valence-electron chi connectivity index (χ1n) is 7.56. The van der Waals surface area contributed by atoms with Gasteiger partial charge in [-0.2, -0.15) is 0 Å². The number of amides is 1. The van der Waals surface area contributed by atoms with Gasteiger partial charge in [0, 0.05) is 25.1 Å². The number of aliphatic hydroxyl groups excluding tert-OH is 1. The van der Waals surface area contributed by atoms with Crippen molar-refractivity contribution in [1.82, 2.24) is 4.90 Å². The number of piperidine rings is 1. The van der Waals surface area contributed by atoms with E-state index in [0.717, 1.165) is 38.8 Å². The topological polar surface area (TPSA) is 40.5 Å². The Morgan fingerprint density at radius 2 is 1.89 bits per heavy atom.